The van der Waals surface area contributed by atoms with Gasteiger partial charge >= 0.3 is 0 Å². The standard InChI is InChI=1S/C14H10N2O3S/c17-11-6-5-9(7-12(11)18)8-15-16-14(19)10-3-1-2-4-13(10)20-16/h1-8,17-18H/b15-8+. The van der Waals surface area contributed by atoms with Gasteiger partial charge in [-0.25, -0.2) is 0 Å². The molecule has 1 heterocycles. The van der Waals surface area contributed by atoms with E-state index in [9.17, 15) is 15.0 Å². The summed E-state index contributed by atoms with van der Waals surface area (Å²) in [5.41, 5.74) is 0.412. The molecule has 3 aromatic rings. The average molecular weight is 286 g/mol. The largest absolute Gasteiger partial charge is 0.504 e. The molecule has 6 heteroatoms. The molecule has 0 atom stereocenters. The molecule has 0 fully saturated rings. The van der Waals surface area contributed by atoms with Crippen LogP contribution in [0.2, 0.25) is 0 Å². The van der Waals surface area contributed by atoms with E-state index in [2.05, 4.69) is 5.10 Å². The van der Waals surface area contributed by atoms with E-state index in [1.54, 1.807) is 12.1 Å². The van der Waals surface area contributed by atoms with Crippen molar-refractivity contribution in [2.45, 2.75) is 0 Å². The van der Waals surface area contributed by atoms with E-state index in [0.29, 0.717) is 10.9 Å². The maximum Gasteiger partial charge on any atom is 0.289 e. The van der Waals surface area contributed by atoms with Crippen LogP contribution in [0.25, 0.3) is 10.1 Å². The fourth-order valence-electron chi connectivity index (χ4n) is 1.78. The molecule has 0 aliphatic carbocycles. The normalized spacial score (nSPS) is 11.4. The van der Waals surface area contributed by atoms with Gasteiger partial charge in [-0.1, -0.05) is 12.1 Å². The molecule has 0 amide bonds. The molecular weight excluding hydrogens is 276 g/mol. The molecule has 100 valence electrons. The third-order valence-corrected chi connectivity index (χ3v) is 3.77. The highest BCUT2D eigenvalue weighted by atomic mass is 32.1. The number of benzene rings is 2. The summed E-state index contributed by atoms with van der Waals surface area (Å²) in [6, 6.07) is 11.6. The van der Waals surface area contributed by atoms with Crippen LogP contribution in [0.5, 0.6) is 11.5 Å². The smallest absolute Gasteiger partial charge is 0.289 e. The summed E-state index contributed by atoms with van der Waals surface area (Å²) >= 11 is 1.24. The van der Waals surface area contributed by atoms with Gasteiger partial charge < -0.3 is 10.2 Å². The molecule has 20 heavy (non-hydrogen) atoms. The summed E-state index contributed by atoms with van der Waals surface area (Å²) in [5, 5.41) is 23.3. The van der Waals surface area contributed by atoms with Crippen LogP contribution in [0.1, 0.15) is 5.56 Å². The van der Waals surface area contributed by atoms with Crippen molar-refractivity contribution in [3.05, 3.63) is 58.4 Å². The second-order valence-corrected chi connectivity index (χ2v) is 5.13. The number of hydrogen-bond acceptors (Lipinski definition) is 5. The summed E-state index contributed by atoms with van der Waals surface area (Å²) in [6.45, 7) is 0. The summed E-state index contributed by atoms with van der Waals surface area (Å²) in [4.78, 5) is 12.0. The molecule has 0 radical (unpaired) electrons. The predicted molar refractivity (Wildman–Crippen MR) is 78.8 cm³/mol. The molecule has 0 saturated carbocycles. The summed E-state index contributed by atoms with van der Waals surface area (Å²) in [6.07, 6.45) is 1.45. The van der Waals surface area contributed by atoms with Gasteiger partial charge in [0.1, 0.15) is 0 Å². The van der Waals surface area contributed by atoms with Gasteiger partial charge in [-0.15, -0.1) is 4.07 Å². The number of phenols is 2. The lowest BCUT2D eigenvalue weighted by Crippen LogP contribution is -2.08. The van der Waals surface area contributed by atoms with E-state index >= 15 is 0 Å². The number of aromatic nitrogens is 1. The summed E-state index contributed by atoms with van der Waals surface area (Å²) in [5.74, 6) is -0.418. The Morgan fingerprint density at radius 2 is 1.90 bits per heavy atom. The van der Waals surface area contributed by atoms with Crippen molar-refractivity contribution in [2.75, 3.05) is 0 Å². The van der Waals surface area contributed by atoms with Gasteiger partial charge in [-0.3, -0.25) is 4.79 Å². The van der Waals surface area contributed by atoms with Gasteiger partial charge in [0.2, 0.25) is 0 Å². The average Bonchev–Trinajstić information content (AvgIpc) is 2.77. The number of phenolic OH excluding ortho intramolecular Hbond substituents is 2. The Bertz CT molecular complexity index is 864. The fourth-order valence-corrected chi connectivity index (χ4v) is 2.63. The van der Waals surface area contributed by atoms with E-state index < -0.39 is 0 Å². The third kappa shape index (κ3) is 2.17. The third-order valence-electron chi connectivity index (χ3n) is 2.79. The Labute approximate surface area is 117 Å². The minimum atomic E-state index is -0.224. The quantitative estimate of drug-likeness (QED) is 0.561. The second kappa shape index (κ2) is 4.82. The maximum atomic E-state index is 12.0. The van der Waals surface area contributed by atoms with Crippen LogP contribution >= 0.6 is 11.5 Å². The number of rotatable bonds is 2. The first-order valence-corrected chi connectivity index (χ1v) is 6.60. The molecule has 0 unspecified atom stereocenters. The minimum Gasteiger partial charge on any atom is -0.504 e. The van der Waals surface area contributed by atoms with Crippen LogP contribution in [-0.2, 0) is 0 Å². The molecule has 0 aliphatic heterocycles. The topological polar surface area (TPSA) is 74.8 Å². The zero-order chi connectivity index (χ0) is 14.1. The Kier molecular flexibility index (Phi) is 3.00. The molecule has 2 aromatic carbocycles. The number of nitrogens with zero attached hydrogens (tertiary/aromatic N) is 2. The first-order valence-electron chi connectivity index (χ1n) is 5.82. The highest BCUT2D eigenvalue weighted by molar-refractivity contribution is 7.13. The van der Waals surface area contributed by atoms with Gasteiger partial charge in [0.25, 0.3) is 5.56 Å². The maximum absolute atomic E-state index is 12.0. The van der Waals surface area contributed by atoms with Crippen molar-refractivity contribution in [1.29, 1.82) is 0 Å². The van der Waals surface area contributed by atoms with Crippen LogP contribution in [0.3, 0.4) is 0 Å². The van der Waals surface area contributed by atoms with Crippen LogP contribution in [0.15, 0.2) is 52.4 Å². The summed E-state index contributed by atoms with van der Waals surface area (Å²) in [7, 11) is 0. The van der Waals surface area contributed by atoms with Crippen molar-refractivity contribution in [3.8, 4) is 11.5 Å². The molecule has 5 nitrogen and oxygen atoms in total. The molecule has 0 aliphatic rings. The first-order chi connectivity index (χ1) is 9.65. The zero-order valence-electron chi connectivity index (χ0n) is 10.2. The molecule has 1 aromatic heterocycles. The lowest BCUT2D eigenvalue weighted by molar-refractivity contribution is 0.403. The van der Waals surface area contributed by atoms with Gasteiger partial charge in [-0.2, -0.15) is 5.10 Å². The van der Waals surface area contributed by atoms with Crippen LogP contribution in [0.4, 0.5) is 0 Å². The Balaban J connectivity index is 2.00. The Morgan fingerprint density at radius 1 is 1.10 bits per heavy atom. The number of hydrogen-bond donors (Lipinski definition) is 2. The second-order valence-electron chi connectivity index (χ2n) is 4.16. The number of fused-ring (bicyclic) bond motifs is 1. The van der Waals surface area contributed by atoms with Gasteiger partial charge in [0, 0.05) is 0 Å². The highest BCUT2D eigenvalue weighted by Gasteiger charge is 2.05. The van der Waals surface area contributed by atoms with Crippen molar-refractivity contribution in [2.24, 2.45) is 5.10 Å². The van der Waals surface area contributed by atoms with Crippen LogP contribution in [0, 0.1) is 0 Å². The summed E-state index contributed by atoms with van der Waals surface area (Å²) < 4.78 is 2.15. The predicted octanol–water partition coefficient (Wildman–Crippen LogP) is 2.36. The zero-order valence-corrected chi connectivity index (χ0v) is 11.0. The van der Waals surface area contributed by atoms with E-state index in [1.165, 1.54) is 33.9 Å². The van der Waals surface area contributed by atoms with E-state index in [1.807, 2.05) is 18.2 Å². The molecular formula is C14H10N2O3S. The van der Waals surface area contributed by atoms with Crippen molar-refractivity contribution in [3.63, 3.8) is 0 Å². The molecule has 0 spiro atoms. The molecule has 0 saturated heterocycles. The van der Waals surface area contributed by atoms with Crippen LogP contribution in [-0.4, -0.2) is 20.5 Å². The monoisotopic (exact) mass is 286 g/mol. The van der Waals surface area contributed by atoms with Crippen molar-refractivity contribution in [1.82, 2.24) is 4.07 Å². The van der Waals surface area contributed by atoms with Crippen LogP contribution < -0.4 is 5.56 Å². The van der Waals surface area contributed by atoms with Crippen molar-refractivity contribution >= 4 is 27.8 Å². The van der Waals surface area contributed by atoms with Gasteiger partial charge in [0.15, 0.2) is 11.5 Å². The lowest BCUT2D eigenvalue weighted by atomic mass is 10.2. The Hall–Kier alpha value is -2.60. The van der Waals surface area contributed by atoms with Gasteiger partial charge in [0.05, 0.1) is 16.3 Å². The SMILES string of the molecule is O=c1c2ccccc2sn1/N=C/c1ccc(O)c(O)c1. The lowest BCUT2D eigenvalue weighted by Gasteiger charge is -1.97. The molecule has 2 N–H and O–H groups in total. The Morgan fingerprint density at radius 3 is 2.65 bits per heavy atom. The first kappa shape index (κ1) is 12.4. The molecule has 3 rings (SSSR count). The van der Waals surface area contributed by atoms with E-state index in [0.717, 1.165) is 4.70 Å². The highest BCUT2D eigenvalue weighted by Crippen LogP contribution is 2.24. The number of aromatic hydroxyl groups is 2. The minimum absolute atomic E-state index is 0.176. The van der Waals surface area contributed by atoms with Crippen molar-refractivity contribution < 1.29 is 10.2 Å². The fraction of sp³-hybridized carbons (Fsp3) is 0. The van der Waals surface area contributed by atoms with E-state index in [-0.39, 0.29) is 17.1 Å². The van der Waals surface area contributed by atoms with E-state index in [4.69, 9.17) is 0 Å². The van der Waals surface area contributed by atoms with Gasteiger partial charge in [-0.05, 0) is 47.4 Å². The molecule has 0 bridgehead atoms.